The summed E-state index contributed by atoms with van der Waals surface area (Å²) >= 11 is 5.95. The van der Waals surface area contributed by atoms with E-state index in [1.807, 2.05) is 0 Å². The number of carbonyl (C=O) groups excluding carboxylic acids is 1. The molecule has 1 aliphatic heterocycles. The first-order valence-corrected chi connectivity index (χ1v) is 7.07. The Morgan fingerprint density at radius 3 is 2.95 bits per heavy atom. The molecule has 1 amide bonds. The monoisotopic (exact) mass is 310 g/mol. The maximum absolute atomic E-state index is 12.3. The van der Waals surface area contributed by atoms with Crippen LogP contribution in [-0.2, 0) is 9.53 Å². The van der Waals surface area contributed by atoms with Crippen molar-refractivity contribution in [2.75, 3.05) is 26.3 Å². The molecule has 1 saturated heterocycles. The molecular formula is C13H15ClN4O3. The van der Waals surface area contributed by atoms with Crippen molar-refractivity contribution in [3.8, 4) is 0 Å². The maximum Gasteiger partial charge on any atom is 0.266 e. The smallest absolute Gasteiger partial charge is 0.266 e. The zero-order chi connectivity index (χ0) is 14.8. The Bertz CT molecular complexity index is 654. The number of morpholine rings is 1. The number of nitrogens with zero attached hydrogens (tertiary/aromatic N) is 4. The fourth-order valence-electron chi connectivity index (χ4n) is 2.18. The minimum absolute atomic E-state index is 0.0935. The number of halogens is 1. The van der Waals surface area contributed by atoms with Crippen molar-refractivity contribution in [2.45, 2.75) is 13.0 Å². The molecule has 7 nitrogen and oxygen atoms in total. The molecule has 0 N–H and O–H groups in total. The number of hydrogen-bond acceptors (Lipinski definition) is 5. The zero-order valence-electron chi connectivity index (χ0n) is 11.5. The molecule has 0 bridgehead atoms. The molecule has 8 heteroatoms. The van der Waals surface area contributed by atoms with Crippen LogP contribution < -0.4 is 4.84 Å². The summed E-state index contributed by atoms with van der Waals surface area (Å²) in [4.78, 5) is 20.8. The quantitative estimate of drug-likeness (QED) is 0.837. The van der Waals surface area contributed by atoms with Gasteiger partial charge in [0.1, 0.15) is 11.0 Å². The number of fused-ring (bicyclic) bond motifs is 1. The lowest BCUT2D eigenvalue weighted by molar-refractivity contribution is -0.147. The summed E-state index contributed by atoms with van der Waals surface area (Å²) in [5.74, 6) is -0.0935. The molecule has 1 fully saturated rings. The van der Waals surface area contributed by atoms with Gasteiger partial charge in [-0.25, -0.2) is 0 Å². The number of aromatic nitrogens is 3. The lowest BCUT2D eigenvalue weighted by Crippen LogP contribution is -2.47. The molecule has 2 heterocycles. The molecule has 3 rings (SSSR count). The highest BCUT2D eigenvalue weighted by molar-refractivity contribution is 6.31. The molecule has 0 unspecified atom stereocenters. The van der Waals surface area contributed by atoms with Crippen LogP contribution in [-0.4, -0.2) is 58.4 Å². The summed E-state index contributed by atoms with van der Waals surface area (Å²) < 4.78 is 5.23. The van der Waals surface area contributed by atoms with Gasteiger partial charge in [0.25, 0.3) is 5.91 Å². The fraction of sp³-hybridized carbons (Fsp3) is 0.462. The number of carbonyl (C=O) groups is 1. The van der Waals surface area contributed by atoms with Crippen molar-refractivity contribution in [3.05, 3.63) is 23.2 Å². The predicted octanol–water partition coefficient (Wildman–Crippen LogP) is 0.761. The number of amides is 1. The topological polar surface area (TPSA) is 69.5 Å². The molecule has 21 heavy (non-hydrogen) atoms. The Morgan fingerprint density at radius 1 is 1.43 bits per heavy atom. The van der Waals surface area contributed by atoms with E-state index in [2.05, 4.69) is 10.3 Å². The average molecular weight is 311 g/mol. The van der Waals surface area contributed by atoms with Gasteiger partial charge in [0, 0.05) is 18.1 Å². The van der Waals surface area contributed by atoms with Crippen molar-refractivity contribution >= 4 is 28.5 Å². The van der Waals surface area contributed by atoms with Gasteiger partial charge in [-0.05, 0) is 30.3 Å². The third kappa shape index (κ3) is 2.93. The Kier molecular flexibility index (Phi) is 3.94. The molecule has 2 aromatic rings. The van der Waals surface area contributed by atoms with Crippen molar-refractivity contribution in [3.63, 3.8) is 0 Å². The van der Waals surface area contributed by atoms with Crippen LogP contribution >= 0.6 is 11.6 Å². The number of ether oxygens (including phenoxy) is 1. The van der Waals surface area contributed by atoms with Gasteiger partial charge in [0.2, 0.25) is 6.10 Å². The number of hydrogen-bond donors (Lipinski definition) is 0. The second-order valence-electron chi connectivity index (χ2n) is 4.78. The van der Waals surface area contributed by atoms with Gasteiger partial charge < -0.3 is 14.5 Å². The minimum Gasteiger partial charge on any atom is -0.382 e. The predicted molar refractivity (Wildman–Crippen MR) is 76.0 cm³/mol. The third-order valence-corrected chi connectivity index (χ3v) is 3.54. The number of benzene rings is 1. The lowest BCUT2D eigenvalue weighted by Gasteiger charge is -2.28. The largest absolute Gasteiger partial charge is 0.382 e. The second kappa shape index (κ2) is 5.87. The van der Waals surface area contributed by atoms with Gasteiger partial charge in [-0.3, -0.25) is 4.79 Å². The van der Waals surface area contributed by atoms with Gasteiger partial charge in [0.05, 0.1) is 13.2 Å². The molecule has 0 radical (unpaired) electrons. The van der Waals surface area contributed by atoms with E-state index in [0.717, 1.165) is 0 Å². The molecular weight excluding hydrogens is 296 g/mol. The summed E-state index contributed by atoms with van der Waals surface area (Å²) in [5.41, 5.74) is 1.29. The van der Waals surface area contributed by atoms with Crippen LogP contribution in [0.4, 0.5) is 0 Å². The maximum atomic E-state index is 12.3. The first-order chi connectivity index (χ1) is 10.1. The highest BCUT2D eigenvalue weighted by Crippen LogP contribution is 2.16. The van der Waals surface area contributed by atoms with Crippen LogP contribution in [0.2, 0.25) is 5.02 Å². The summed E-state index contributed by atoms with van der Waals surface area (Å²) in [5, 5.41) is 8.42. The van der Waals surface area contributed by atoms with E-state index in [0.29, 0.717) is 42.4 Å². The molecule has 0 spiro atoms. The Balaban J connectivity index is 1.74. The highest BCUT2D eigenvalue weighted by Gasteiger charge is 2.25. The summed E-state index contributed by atoms with van der Waals surface area (Å²) in [6.07, 6.45) is -0.660. The van der Waals surface area contributed by atoms with E-state index in [1.54, 1.807) is 30.0 Å². The van der Waals surface area contributed by atoms with E-state index >= 15 is 0 Å². The zero-order valence-corrected chi connectivity index (χ0v) is 12.3. The Morgan fingerprint density at radius 2 is 2.19 bits per heavy atom. The van der Waals surface area contributed by atoms with Crippen LogP contribution in [0.3, 0.4) is 0 Å². The lowest BCUT2D eigenvalue weighted by atomic mass is 10.3. The van der Waals surface area contributed by atoms with Crippen molar-refractivity contribution in [1.82, 2.24) is 20.1 Å². The minimum atomic E-state index is -0.660. The van der Waals surface area contributed by atoms with E-state index in [-0.39, 0.29) is 5.91 Å². The SMILES string of the molecule is C[C@H](On1nnc2ccc(Cl)cc21)C(=O)N1CCOCC1. The Hall–Kier alpha value is -1.86. The van der Waals surface area contributed by atoms with Gasteiger partial charge in [-0.15, -0.1) is 5.10 Å². The van der Waals surface area contributed by atoms with Crippen LogP contribution in [0.25, 0.3) is 11.0 Å². The van der Waals surface area contributed by atoms with Crippen molar-refractivity contribution < 1.29 is 14.4 Å². The molecule has 1 aromatic heterocycles. The van der Waals surface area contributed by atoms with Gasteiger partial charge in [-0.1, -0.05) is 16.4 Å². The summed E-state index contributed by atoms with van der Waals surface area (Å²) in [7, 11) is 0. The van der Waals surface area contributed by atoms with E-state index in [9.17, 15) is 4.79 Å². The molecule has 112 valence electrons. The van der Waals surface area contributed by atoms with Crippen LogP contribution in [0.1, 0.15) is 6.92 Å². The summed E-state index contributed by atoms with van der Waals surface area (Å²) in [6, 6.07) is 5.17. The van der Waals surface area contributed by atoms with Crippen molar-refractivity contribution in [2.24, 2.45) is 0 Å². The van der Waals surface area contributed by atoms with E-state index < -0.39 is 6.10 Å². The first kappa shape index (κ1) is 14.1. The van der Waals surface area contributed by atoms with E-state index in [4.69, 9.17) is 21.2 Å². The fourth-order valence-corrected chi connectivity index (χ4v) is 2.35. The Labute approximate surface area is 126 Å². The van der Waals surface area contributed by atoms with Gasteiger partial charge in [-0.2, -0.15) is 0 Å². The van der Waals surface area contributed by atoms with Crippen molar-refractivity contribution in [1.29, 1.82) is 0 Å². The molecule has 0 saturated carbocycles. The van der Waals surface area contributed by atoms with Gasteiger partial charge in [0.15, 0.2) is 0 Å². The molecule has 1 aromatic carbocycles. The molecule has 0 aliphatic carbocycles. The van der Waals surface area contributed by atoms with Crippen LogP contribution in [0, 0.1) is 0 Å². The summed E-state index contributed by atoms with van der Waals surface area (Å²) in [6.45, 7) is 3.96. The van der Waals surface area contributed by atoms with E-state index in [1.165, 1.54) is 4.85 Å². The average Bonchev–Trinajstić information content (AvgIpc) is 2.89. The standard InChI is InChI=1S/C13H15ClN4O3/c1-9(13(19)17-4-6-20-7-5-17)21-18-12-8-10(14)2-3-11(12)15-16-18/h2-3,8-9H,4-7H2,1H3/t9-/m0/s1. The molecule has 1 atom stereocenters. The second-order valence-corrected chi connectivity index (χ2v) is 5.22. The van der Waals surface area contributed by atoms with Crippen LogP contribution in [0.5, 0.6) is 0 Å². The highest BCUT2D eigenvalue weighted by atomic mass is 35.5. The normalized spacial score (nSPS) is 17.0. The molecule has 1 aliphatic rings. The first-order valence-electron chi connectivity index (χ1n) is 6.70. The third-order valence-electron chi connectivity index (χ3n) is 3.31. The number of rotatable bonds is 3. The van der Waals surface area contributed by atoms with Crippen LogP contribution in [0.15, 0.2) is 18.2 Å². The van der Waals surface area contributed by atoms with Gasteiger partial charge >= 0.3 is 0 Å².